The Kier molecular flexibility index (Phi) is 2.96. The summed E-state index contributed by atoms with van der Waals surface area (Å²) in [4.78, 5) is 12.2. The Morgan fingerprint density at radius 3 is 2.36 bits per heavy atom. The molecule has 0 aliphatic heterocycles. The van der Waals surface area contributed by atoms with Gasteiger partial charge in [-0.3, -0.25) is 0 Å². The molecular weight excluding hydrogens is 286 g/mol. The van der Waals surface area contributed by atoms with E-state index in [4.69, 9.17) is 4.42 Å². The van der Waals surface area contributed by atoms with Gasteiger partial charge in [-0.1, -0.05) is 30.3 Å². The Labute approximate surface area is 123 Å². The summed E-state index contributed by atoms with van der Waals surface area (Å²) >= 11 is 0. The van der Waals surface area contributed by atoms with Crippen LogP contribution in [0.2, 0.25) is 0 Å². The van der Waals surface area contributed by atoms with Crippen molar-refractivity contribution in [2.45, 2.75) is 0 Å². The molecule has 3 N–H and O–H groups in total. The molecule has 0 fully saturated rings. The van der Waals surface area contributed by atoms with E-state index in [1.165, 1.54) is 0 Å². The quantitative estimate of drug-likeness (QED) is 0.469. The molecule has 1 aromatic heterocycles. The molecule has 6 nitrogen and oxygen atoms in total. The molecule has 0 radical (unpaired) electrons. The number of benzene rings is 2. The molecule has 3 aromatic rings. The molecule has 0 atom stereocenters. The highest BCUT2D eigenvalue weighted by molar-refractivity contribution is 5.95. The van der Waals surface area contributed by atoms with E-state index in [0.29, 0.717) is 5.56 Å². The number of phenols is 3. The Balaban J connectivity index is 2.52. The maximum Gasteiger partial charge on any atom is 0.345 e. The number of nitriles is 1. The monoisotopic (exact) mass is 295 g/mol. The third-order valence-corrected chi connectivity index (χ3v) is 3.30. The molecule has 0 aliphatic carbocycles. The minimum atomic E-state index is -0.823. The predicted octanol–water partition coefficient (Wildman–Crippen LogP) is 2.45. The van der Waals surface area contributed by atoms with Gasteiger partial charge in [0.1, 0.15) is 6.07 Å². The topological polar surface area (TPSA) is 115 Å². The molecule has 0 bridgehead atoms. The fourth-order valence-electron chi connectivity index (χ4n) is 2.28. The summed E-state index contributed by atoms with van der Waals surface area (Å²) in [5, 5.41) is 38.3. The van der Waals surface area contributed by atoms with E-state index in [9.17, 15) is 25.4 Å². The summed E-state index contributed by atoms with van der Waals surface area (Å²) in [6.45, 7) is 0. The second-order valence-electron chi connectivity index (χ2n) is 4.59. The zero-order valence-corrected chi connectivity index (χ0v) is 11.1. The SMILES string of the molecule is N#Cc1c(-c2ccccc2)c(=O)oc2c(O)c(O)c(O)cc12. The molecule has 0 spiro atoms. The molecule has 0 aliphatic rings. The van der Waals surface area contributed by atoms with Crippen molar-refractivity contribution >= 4 is 11.0 Å². The van der Waals surface area contributed by atoms with E-state index >= 15 is 0 Å². The highest BCUT2D eigenvalue weighted by Gasteiger charge is 2.21. The van der Waals surface area contributed by atoms with Gasteiger partial charge in [0, 0.05) is 5.39 Å². The standard InChI is InChI=1S/C16H9NO5/c17-7-10-9-6-11(18)13(19)14(20)15(9)22-16(21)12(10)8-4-2-1-3-5-8/h1-6,18-20H. The van der Waals surface area contributed by atoms with Crippen molar-refractivity contribution in [3.8, 4) is 34.4 Å². The van der Waals surface area contributed by atoms with Crippen molar-refractivity contribution in [1.29, 1.82) is 5.26 Å². The first kappa shape index (κ1) is 13.5. The van der Waals surface area contributed by atoms with Crippen LogP contribution in [0.15, 0.2) is 45.6 Å². The van der Waals surface area contributed by atoms with Crippen LogP contribution < -0.4 is 5.63 Å². The molecule has 22 heavy (non-hydrogen) atoms. The van der Waals surface area contributed by atoms with Gasteiger partial charge < -0.3 is 19.7 Å². The second-order valence-corrected chi connectivity index (χ2v) is 4.59. The molecule has 0 unspecified atom stereocenters. The Morgan fingerprint density at radius 1 is 1.05 bits per heavy atom. The first-order valence-electron chi connectivity index (χ1n) is 6.24. The van der Waals surface area contributed by atoms with Crippen LogP contribution in [0.4, 0.5) is 0 Å². The third kappa shape index (κ3) is 1.84. The average molecular weight is 295 g/mol. The molecule has 0 amide bonds. The summed E-state index contributed by atoms with van der Waals surface area (Å²) in [7, 11) is 0. The van der Waals surface area contributed by atoms with Crippen molar-refractivity contribution in [3.05, 3.63) is 52.4 Å². The molecule has 3 rings (SSSR count). The van der Waals surface area contributed by atoms with Crippen molar-refractivity contribution in [3.63, 3.8) is 0 Å². The van der Waals surface area contributed by atoms with E-state index in [1.54, 1.807) is 30.3 Å². The van der Waals surface area contributed by atoms with Crippen LogP contribution in [0.5, 0.6) is 17.2 Å². The number of fused-ring (bicyclic) bond motifs is 1. The zero-order chi connectivity index (χ0) is 15.9. The van der Waals surface area contributed by atoms with Crippen LogP contribution in [0.25, 0.3) is 22.1 Å². The maximum absolute atomic E-state index is 12.2. The molecule has 6 heteroatoms. The molecule has 2 aromatic carbocycles. The van der Waals surface area contributed by atoms with Crippen molar-refractivity contribution in [2.75, 3.05) is 0 Å². The van der Waals surface area contributed by atoms with Crippen molar-refractivity contribution in [2.24, 2.45) is 0 Å². The average Bonchev–Trinajstić information content (AvgIpc) is 2.53. The van der Waals surface area contributed by atoms with Gasteiger partial charge in [0.05, 0.1) is 11.1 Å². The van der Waals surface area contributed by atoms with Gasteiger partial charge in [-0.2, -0.15) is 5.26 Å². The van der Waals surface area contributed by atoms with Crippen molar-refractivity contribution in [1.82, 2.24) is 0 Å². The Morgan fingerprint density at radius 2 is 1.73 bits per heavy atom. The fraction of sp³-hybridized carbons (Fsp3) is 0. The van der Waals surface area contributed by atoms with Gasteiger partial charge in [-0.25, -0.2) is 4.79 Å². The first-order chi connectivity index (χ1) is 10.5. The predicted molar refractivity (Wildman–Crippen MR) is 77.6 cm³/mol. The van der Waals surface area contributed by atoms with E-state index in [-0.39, 0.29) is 22.1 Å². The van der Waals surface area contributed by atoms with Crippen LogP contribution in [0.3, 0.4) is 0 Å². The Hall–Kier alpha value is -3.46. The number of hydrogen-bond donors (Lipinski definition) is 3. The number of hydrogen-bond acceptors (Lipinski definition) is 6. The van der Waals surface area contributed by atoms with E-state index in [1.807, 2.05) is 6.07 Å². The minimum absolute atomic E-state index is 0.0279. The summed E-state index contributed by atoms with van der Waals surface area (Å²) in [5.41, 5.74) is -0.725. The van der Waals surface area contributed by atoms with Gasteiger partial charge in [-0.15, -0.1) is 0 Å². The zero-order valence-electron chi connectivity index (χ0n) is 11.1. The summed E-state index contributed by atoms with van der Waals surface area (Å²) in [6, 6.07) is 11.4. The highest BCUT2D eigenvalue weighted by Crippen LogP contribution is 2.42. The van der Waals surface area contributed by atoms with Gasteiger partial charge in [0.2, 0.25) is 11.5 Å². The lowest BCUT2D eigenvalue weighted by Gasteiger charge is -2.09. The molecule has 108 valence electrons. The lowest BCUT2D eigenvalue weighted by Crippen LogP contribution is -2.06. The number of rotatable bonds is 1. The summed E-state index contributed by atoms with van der Waals surface area (Å²) in [5.74, 6) is -2.22. The number of aromatic hydroxyl groups is 3. The smallest absolute Gasteiger partial charge is 0.345 e. The van der Waals surface area contributed by atoms with Crippen LogP contribution in [-0.2, 0) is 0 Å². The molecule has 0 saturated carbocycles. The molecular formula is C16H9NO5. The maximum atomic E-state index is 12.2. The summed E-state index contributed by atoms with van der Waals surface area (Å²) < 4.78 is 5.03. The lowest BCUT2D eigenvalue weighted by atomic mass is 9.99. The first-order valence-corrected chi connectivity index (χ1v) is 6.24. The van der Waals surface area contributed by atoms with Crippen LogP contribution >= 0.6 is 0 Å². The second kappa shape index (κ2) is 4.82. The third-order valence-electron chi connectivity index (χ3n) is 3.30. The van der Waals surface area contributed by atoms with Gasteiger partial charge >= 0.3 is 5.63 Å². The fourth-order valence-corrected chi connectivity index (χ4v) is 2.28. The number of nitrogens with zero attached hydrogens (tertiary/aromatic N) is 1. The van der Waals surface area contributed by atoms with E-state index in [2.05, 4.69) is 0 Å². The summed E-state index contributed by atoms with van der Waals surface area (Å²) in [6.07, 6.45) is 0. The largest absolute Gasteiger partial charge is 0.504 e. The van der Waals surface area contributed by atoms with Crippen LogP contribution in [0.1, 0.15) is 5.56 Å². The lowest BCUT2D eigenvalue weighted by molar-refractivity contribution is 0.365. The minimum Gasteiger partial charge on any atom is -0.504 e. The van der Waals surface area contributed by atoms with Crippen LogP contribution in [0, 0.1) is 11.3 Å². The highest BCUT2D eigenvalue weighted by atomic mass is 16.4. The normalized spacial score (nSPS) is 10.5. The van der Waals surface area contributed by atoms with E-state index in [0.717, 1.165) is 6.07 Å². The van der Waals surface area contributed by atoms with Gasteiger partial charge in [-0.05, 0) is 11.6 Å². The van der Waals surface area contributed by atoms with Gasteiger partial charge in [0.15, 0.2) is 11.3 Å². The molecule has 0 saturated heterocycles. The van der Waals surface area contributed by atoms with Gasteiger partial charge in [0.25, 0.3) is 0 Å². The van der Waals surface area contributed by atoms with E-state index < -0.39 is 22.9 Å². The number of phenolic OH excluding ortho intramolecular Hbond substituents is 3. The molecule has 1 heterocycles. The van der Waals surface area contributed by atoms with Crippen LogP contribution in [-0.4, -0.2) is 15.3 Å². The Bertz CT molecular complexity index is 984. The van der Waals surface area contributed by atoms with Crippen molar-refractivity contribution < 1.29 is 19.7 Å².